The summed E-state index contributed by atoms with van der Waals surface area (Å²) in [5.74, 6) is 0.340. The molecule has 1 aromatic carbocycles. The summed E-state index contributed by atoms with van der Waals surface area (Å²) in [6.07, 6.45) is 4.52. The van der Waals surface area contributed by atoms with E-state index in [2.05, 4.69) is 79.2 Å². The second-order valence-corrected chi connectivity index (χ2v) is 14.5. The van der Waals surface area contributed by atoms with Gasteiger partial charge < -0.3 is 19.2 Å². The van der Waals surface area contributed by atoms with Crippen molar-refractivity contribution in [1.29, 1.82) is 0 Å². The van der Waals surface area contributed by atoms with Crippen molar-refractivity contribution in [3.8, 4) is 0 Å². The van der Waals surface area contributed by atoms with Crippen LogP contribution in [0.15, 0.2) is 36.9 Å². The third kappa shape index (κ3) is 5.41. The molecule has 3 aromatic rings. The molecule has 0 saturated carbocycles. The Morgan fingerprint density at radius 3 is 2.70 bits per heavy atom. The van der Waals surface area contributed by atoms with Crippen LogP contribution in [0.25, 0.3) is 11.2 Å². The molecule has 0 radical (unpaired) electrons. The lowest BCUT2D eigenvalue weighted by Crippen LogP contribution is -2.41. The Labute approximate surface area is 220 Å². The number of carbonyl (C=O) groups excluding carboxylic acids is 1. The maximum atomic E-state index is 12.0. The smallest absolute Gasteiger partial charge is 0.303 e. The highest BCUT2D eigenvalue weighted by atomic mass is 28.2. The van der Waals surface area contributed by atoms with E-state index < -0.39 is 27.7 Å². The van der Waals surface area contributed by atoms with E-state index in [4.69, 9.17) is 13.9 Å². The summed E-state index contributed by atoms with van der Waals surface area (Å²) in [6.45, 7) is 12.1. The SMILES string of the molecule is CC(=O)O[C@@H]1C[C@@H](C(C)(C)O[SiH2]C(C)(C)C)O[C@H]1n1cnc2c(N[C@H]3CCc4ccccc43)ncnc21. The van der Waals surface area contributed by atoms with Gasteiger partial charge in [-0.3, -0.25) is 9.36 Å². The van der Waals surface area contributed by atoms with Crippen LogP contribution < -0.4 is 5.32 Å². The van der Waals surface area contributed by atoms with Crippen LogP contribution in [0.4, 0.5) is 5.82 Å². The summed E-state index contributed by atoms with van der Waals surface area (Å²) in [5, 5.41) is 3.74. The van der Waals surface area contributed by atoms with Crippen molar-refractivity contribution < 1.29 is 18.7 Å². The number of imidazole rings is 1. The van der Waals surface area contributed by atoms with Crippen molar-refractivity contribution in [3.63, 3.8) is 0 Å². The minimum atomic E-state index is -0.802. The number of hydrogen-bond donors (Lipinski definition) is 1. The second-order valence-electron chi connectivity index (χ2n) is 11.8. The molecule has 1 N–H and O–H groups in total. The molecule has 1 aliphatic carbocycles. The van der Waals surface area contributed by atoms with Gasteiger partial charge >= 0.3 is 5.97 Å². The summed E-state index contributed by atoms with van der Waals surface area (Å²) in [7, 11) is -0.802. The Morgan fingerprint density at radius 1 is 1.16 bits per heavy atom. The lowest BCUT2D eigenvalue weighted by Gasteiger charge is -2.34. The first-order valence-corrected chi connectivity index (χ1v) is 14.3. The number of hydrogen-bond acceptors (Lipinski definition) is 8. The molecule has 4 atom stereocenters. The Bertz CT molecular complexity index is 1290. The average Bonchev–Trinajstić information content (AvgIpc) is 3.55. The summed E-state index contributed by atoms with van der Waals surface area (Å²) in [6, 6.07) is 8.67. The summed E-state index contributed by atoms with van der Waals surface area (Å²) < 4.78 is 20.5. The van der Waals surface area contributed by atoms with Crippen LogP contribution in [0.3, 0.4) is 0 Å². The van der Waals surface area contributed by atoms with E-state index in [9.17, 15) is 4.79 Å². The molecule has 0 unspecified atom stereocenters. The number of rotatable bonds is 7. The van der Waals surface area contributed by atoms with Gasteiger partial charge in [-0.2, -0.15) is 0 Å². The van der Waals surface area contributed by atoms with Gasteiger partial charge in [-0.25, -0.2) is 15.0 Å². The maximum Gasteiger partial charge on any atom is 0.303 e. The zero-order chi connectivity index (χ0) is 26.4. The van der Waals surface area contributed by atoms with Crippen molar-refractivity contribution >= 4 is 32.7 Å². The lowest BCUT2D eigenvalue weighted by atomic mass is 9.98. The van der Waals surface area contributed by atoms with E-state index in [0.717, 1.165) is 12.8 Å². The van der Waals surface area contributed by atoms with Crippen LogP contribution in [0, 0.1) is 0 Å². The first-order chi connectivity index (χ1) is 17.5. The molecule has 10 heteroatoms. The number of esters is 1. The van der Waals surface area contributed by atoms with Gasteiger partial charge in [0.1, 0.15) is 12.4 Å². The molecule has 0 spiro atoms. The van der Waals surface area contributed by atoms with Crippen molar-refractivity contribution in [2.45, 2.75) is 95.9 Å². The van der Waals surface area contributed by atoms with Gasteiger partial charge in [-0.1, -0.05) is 45.0 Å². The zero-order valence-electron chi connectivity index (χ0n) is 22.5. The number of carbonyl (C=O) groups is 1. The molecule has 0 amide bonds. The lowest BCUT2D eigenvalue weighted by molar-refractivity contribution is -0.153. The average molecular weight is 524 g/mol. The fourth-order valence-corrected chi connectivity index (χ4v) is 6.15. The van der Waals surface area contributed by atoms with Crippen LogP contribution in [-0.4, -0.2) is 53.1 Å². The number of anilines is 1. The predicted molar refractivity (Wildman–Crippen MR) is 144 cm³/mol. The Balaban J connectivity index is 1.41. The van der Waals surface area contributed by atoms with Gasteiger partial charge in [0.15, 0.2) is 33.0 Å². The molecule has 1 fully saturated rings. The number of aryl methyl sites for hydroxylation is 1. The molecular weight excluding hydrogens is 486 g/mol. The fraction of sp³-hybridized carbons (Fsp3) is 0.556. The first kappa shape index (κ1) is 25.8. The van der Waals surface area contributed by atoms with E-state index in [-0.39, 0.29) is 23.2 Å². The highest BCUT2D eigenvalue weighted by molar-refractivity contribution is 6.31. The van der Waals surface area contributed by atoms with Crippen LogP contribution in [0.2, 0.25) is 5.04 Å². The van der Waals surface area contributed by atoms with E-state index in [1.165, 1.54) is 18.1 Å². The van der Waals surface area contributed by atoms with Crippen molar-refractivity contribution in [1.82, 2.24) is 19.5 Å². The number of ether oxygens (including phenoxy) is 2. The van der Waals surface area contributed by atoms with Gasteiger partial charge in [0, 0.05) is 13.3 Å². The second kappa shape index (κ2) is 9.81. The molecule has 5 rings (SSSR count). The predicted octanol–water partition coefficient (Wildman–Crippen LogP) is 4.24. The first-order valence-electron chi connectivity index (χ1n) is 13.0. The van der Waals surface area contributed by atoms with Gasteiger partial charge in [-0.15, -0.1) is 0 Å². The quantitative estimate of drug-likeness (QED) is 0.363. The maximum absolute atomic E-state index is 12.0. The largest absolute Gasteiger partial charge is 0.458 e. The molecule has 2 aliphatic rings. The summed E-state index contributed by atoms with van der Waals surface area (Å²) in [5.41, 5.74) is 3.45. The van der Waals surface area contributed by atoms with Crippen LogP contribution in [0.1, 0.15) is 77.8 Å². The van der Waals surface area contributed by atoms with E-state index in [1.807, 2.05) is 4.57 Å². The van der Waals surface area contributed by atoms with Crippen LogP contribution in [-0.2, 0) is 25.1 Å². The number of nitrogens with zero attached hydrogens (tertiary/aromatic N) is 4. The van der Waals surface area contributed by atoms with Crippen LogP contribution >= 0.6 is 0 Å². The van der Waals surface area contributed by atoms with Gasteiger partial charge in [0.05, 0.1) is 24.1 Å². The normalized spacial score (nSPS) is 24.2. The number of benzene rings is 1. The van der Waals surface area contributed by atoms with Gasteiger partial charge in [0.25, 0.3) is 0 Å². The van der Waals surface area contributed by atoms with Gasteiger partial charge in [0.2, 0.25) is 0 Å². The van der Waals surface area contributed by atoms with Crippen LogP contribution in [0.5, 0.6) is 0 Å². The third-order valence-electron chi connectivity index (χ3n) is 7.11. The fourth-order valence-electron chi connectivity index (χ4n) is 5.16. The molecular formula is C27H37N5O4Si. The summed E-state index contributed by atoms with van der Waals surface area (Å²) >= 11 is 0. The Kier molecular flexibility index (Phi) is 6.84. The minimum Gasteiger partial charge on any atom is -0.458 e. The highest BCUT2D eigenvalue weighted by Crippen LogP contribution is 2.40. The monoisotopic (exact) mass is 523 g/mol. The number of nitrogens with one attached hydrogen (secondary N) is 1. The molecule has 1 saturated heterocycles. The standard InChI is InChI=1S/C27H37N5O4Si/c1-16(33)34-20-13-21(27(5,6)36-37-26(2,3)4)35-25(20)32-15-30-22-23(28-14-29-24(22)32)31-19-12-11-17-9-7-8-10-18(17)19/h7-10,14-15,19-21,25H,11-13,37H2,1-6H3,(H,28,29,31)/t19-,20+,21-,25+/m0/s1. The third-order valence-corrected chi connectivity index (χ3v) is 8.87. The topological polar surface area (TPSA) is 100 Å². The molecule has 3 heterocycles. The Morgan fingerprint density at radius 2 is 1.95 bits per heavy atom. The molecule has 1 aliphatic heterocycles. The van der Waals surface area contributed by atoms with Crippen molar-refractivity contribution in [2.24, 2.45) is 0 Å². The van der Waals surface area contributed by atoms with E-state index in [1.54, 1.807) is 12.7 Å². The molecule has 37 heavy (non-hydrogen) atoms. The number of fused-ring (bicyclic) bond motifs is 2. The van der Waals surface area contributed by atoms with E-state index >= 15 is 0 Å². The van der Waals surface area contributed by atoms with Crippen molar-refractivity contribution in [3.05, 3.63) is 48.0 Å². The van der Waals surface area contributed by atoms with Crippen molar-refractivity contribution in [2.75, 3.05) is 5.32 Å². The molecule has 0 bridgehead atoms. The Hall–Kier alpha value is -2.82. The highest BCUT2D eigenvalue weighted by Gasteiger charge is 2.46. The number of aromatic nitrogens is 4. The molecule has 2 aromatic heterocycles. The summed E-state index contributed by atoms with van der Waals surface area (Å²) in [4.78, 5) is 25.7. The van der Waals surface area contributed by atoms with E-state index in [0.29, 0.717) is 23.4 Å². The minimum absolute atomic E-state index is 0.158. The zero-order valence-corrected chi connectivity index (χ0v) is 23.9. The molecule has 9 nitrogen and oxygen atoms in total. The van der Waals surface area contributed by atoms with Gasteiger partial charge in [-0.05, 0) is 42.9 Å². The molecule has 198 valence electrons.